The summed E-state index contributed by atoms with van der Waals surface area (Å²) in [5.41, 5.74) is 2.30. The minimum Gasteiger partial charge on any atom is -0.309 e. The van der Waals surface area contributed by atoms with Gasteiger partial charge in [0.15, 0.2) is 0 Å². The van der Waals surface area contributed by atoms with Gasteiger partial charge >= 0.3 is 0 Å². The van der Waals surface area contributed by atoms with Gasteiger partial charge in [0.1, 0.15) is 5.82 Å². The molecule has 0 amide bonds. The second kappa shape index (κ2) is 6.21. The molecule has 1 atom stereocenters. The van der Waals surface area contributed by atoms with Crippen molar-refractivity contribution in [3.05, 3.63) is 53.9 Å². The molecule has 0 radical (unpaired) electrons. The third kappa shape index (κ3) is 3.34. The third-order valence-electron chi connectivity index (χ3n) is 2.79. The van der Waals surface area contributed by atoms with Gasteiger partial charge in [-0.1, -0.05) is 6.92 Å². The van der Waals surface area contributed by atoms with Gasteiger partial charge in [0.25, 0.3) is 0 Å². The number of nitrogens with one attached hydrogen (secondary N) is 1. The lowest BCUT2D eigenvalue weighted by Gasteiger charge is -2.17. The van der Waals surface area contributed by atoms with E-state index in [2.05, 4.69) is 27.2 Å². The largest absolute Gasteiger partial charge is 0.309 e. The summed E-state index contributed by atoms with van der Waals surface area (Å²) in [6, 6.07) is 6.28. The molecule has 0 aliphatic carbocycles. The van der Waals surface area contributed by atoms with Gasteiger partial charge in [0.2, 0.25) is 0 Å². The first-order chi connectivity index (χ1) is 8.79. The molecule has 18 heavy (non-hydrogen) atoms. The molecule has 0 aromatic carbocycles. The summed E-state index contributed by atoms with van der Waals surface area (Å²) in [7, 11) is 0. The summed E-state index contributed by atoms with van der Waals surface area (Å²) in [6.45, 7) is 4.94. The number of likely N-dealkylation sites (N-methyl/N-ethyl adjacent to an activating group) is 1. The van der Waals surface area contributed by atoms with E-state index in [4.69, 9.17) is 0 Å². The second-order valence-electron chi connectivity index (χ2n) is 4.20. The van der Waals surface area contributed by atoms with Crippen LogP contribution < -0.4 is 5.32 Å². The first-order valence-electron chi connectivity index (χ1n) is 6.21. The third-order valence-corrected chi connectivity index (χ3v) is 2.79. The van der Waals surface area contributed by atoms with E-state index in [0.717, 1.165) is 24.5 Å². The molecular formula is C14H18N4. The zero-order chi connectivity index (χ0) is 12.8. The normalized spacial score (nSPS) is 12.3. The molecule has 0 bridgehead atoms. The zero-order valence-corrected chi connectivity index (χ0v) is 10.8. The van der Waals surface area contributed by atoms with Crippen LogP contribution in [0.3, 0.4) is 0 Å². The van der Waals surface area contributed by atoms with Gasteiger partial charge in [-0.3, -0.25) is 4.98 Å². The number of hydrogen-bond donors (Lipinski definition) is 1. The molecule has 0 spiro atoms. The molecule has 0 fully saturated rings. The fraction of sp³-hybridized carbons (Fsp3) is 0.357. The second-order valence-corrected chi connectivity index (χ2v) is 4.20. The molecule has 0 aliphatic heterocycles. The number of aromatic nitrogens is 3. The number of hydrogen-bond acceptors (Lipinski definition) is 4. The summed E-state index contributed by atoms with van der Waals surface area (Å²) in [6.07, 6.45) is 6.37. The number of nitrogens with zero attached hydrogens (tertiary/aromatic N) is 3. The Kier molecular flexibility index (Phi) is 4.36. The zero-order valence-electron chi connectivity index (χ0n) is 10.8. The van der Waals surface area contributed by atoms with E-state index in [1.807, 2.05) is 43.7 Å². The molecule has 1 N–H and O–H groups in total. The Hall–Kier alpha value is -1.81. The summed E-state index contributed by atoms with van der Waals surface area (Å²) in [5, 5.41) is 3.46. The van der Waals surface area contributed by atoms with E-state index in [0.29, 0.717) is 0 Å². The maximum atomic E-state index is 4.50. The van der Waals surface area contributed by atoms with E-state index in [9.17, 15) is 0 Å². The van der Waals surface area contributed by atoms with Crippen molar-refractivity contribution in [3.8, 4) is 0 Å². The highest BCUT2D eigenvalue weighted by Gasteiger charge is 2.12. The lowest BCUT2D eigenvalue weighted by Crippen LogP contribution is -2.24. The van der Waals surface area contributed by atoms with Gasteiger partial charge in [0, 0.05) is 18.6 Å². The highest BCUT2D eigenvalue weighted by molar-refractivity contribution is 5.16. The lowest BCUT2D eigenvalue weighted by atomic mass is 10.0. The maximum Gasteiger partial charge on any atom is 0.125 e. The van der Waals surface area contributed by atoms with Crippen LogP contribution in [0.25, 0.3) is 0 Å². The van der Waals surface area contributed by atoms with Crippen LogP contribution >= 0.6 is 0 Å². The molecule has 2 aromatic heterocycles. The lowest BCUT2D eigenvalue weighted by molar-refractivity contribution is 0.534. The van der Waals surface area contributed by atoms with Crippen LogP contribution in [-0.2, 0) is 6.42 Å². The van der Waals surface area contributed by atoms with Crippen molar-refractivity contribution in [2.75, 3.05) is 6.54 Å². The van der Waals surface area contributed by atoms with Gasteiger partial charge in [-0.25, -0.2) is 9.97 Å². The van der Waals surface area contributed by atoms with Gasteiger partial charge in [0.05, 0.1) is 11.7 Å². The molecule has 4 nitrogen and oxygen atoms in total. The highest BCUT2D eigenvalue weighted by atomic mass is 15.0. The van der Waals surface area contributed by atoms with E-state index in [1.165, 1.54) is 5.56 Å². The van der Waals surface area contributed by atoms with E-state index in [-0.39, 0.29) is 6.04 Å². The summed E-state index contributed by atoms with van der Waals surface area (Å²) >= 11 is 0. The van der Waals surface area contributed by atoms with Crippen LogP contribution in [0, 0.1) is 6.92 Å². The first kappa shape index (κ1) is 12.6. The van der Waals surface area contributed by atoms with Crippen molar-refractivity contribution < 1.29 is 0 Å². The van der Waals surface area contributed by atoms with Crippen LogP contribution in [0.1, 0.15) is 30.0 Å². The number of aryl methyl sites for hydroxylation is 1. The Morgan fingerprint density at radius 3 is 2.61 bits per heavy atom. The summed E-state index contributed by atoms with van der Waals surface area (Å²) < 4.78 is 0. The smallest absolute Gasteiger partial charge is 0.125 e. The predicted octanol–water partition coefficient (Wildman–Crippen LogP) is 2.07. The maximum absolute atomic E-state index is 4.50. The van der Waals surface area contributed by atoms with Crippen LogP contribution in [0.5, 0.6) is 0 Å². The molecule has 0 aliphatic rings. The van der Waals surface area contributed by atoms with Gasteiger partial charge in [-0.05, 0) is 43.7 Å². The standard InChI is InChI=1S/C14H18N4/c1-3-16-14(10-12-4-7-15-8-5-12)13-6-9-17-11(2)18-13/h4-9,14,16H,3,10H2,1-2H3. The molecule has 4 heteroatoms. The SMILES string of the molecule is CCNC(Cc1ccncc1)c1ccnc(C)n1. The fourth-order valence-electron chi connectivity index (χ4n) is 1.95. The molecule has 0 saturated carbocycles. The van der Waals surface area contributed by atoms with Crippen LogP contribution in [-0.4, -0.2) is 21.5 Å². The Labute approximate surface area is 108 Å². The van der Waals surface area contributed by atoms with Crippen molar-refractivity contribution in [2.24, 2.45) is 0 Å². The quantitative estimate of drug-likeness (QED) is 0.872. The van der Waals surface area contributed by atoms with Crippen molar-refractivity contribution in [2.45, 2.75) is 26.3 Å². The van der Waals surface area contributed by atoms with E-state index < -0.39 is 0 Å². The monoisotopic (exact) mass is 242 g/mol. The van der Waals surface area contributed by atoms with E-state index >= 15 is 0 Å². The van der Waals surface area contributed by atoms with Crippen LogP contribution in [0.15, 0.2) is 36.8 Å². The summed E-state index contributed by atoms with van der Waals surface area (Å²) in [4.78, 5) is 12.7. The molecule has 2 rings (SSSR count). The average molecular weight is 242 g/mol. The van der Waals surface area contributed by atoms with Crippen molar-refractivity contribution in [3.63, 3.8) is 0 Å². The molecule has 1 unspecified atom stereocenters. The minimum atomic E-state index is 0.221. The molecule has 94 valence electrons. The van der Waals surface area contributed by atoms with Gasteiger partial charge in [-0.15, -0.1) is 0 Å². The fourth-order valence-corrected chi connectivity index (χ4v) is 1.95. The predicted molar refractivity (Wildman–Crippen MR) is 71.1 cm³/mol. The Morgan fingerprint density at radius 1 is 1.17 bits per heavy atom. The van der Waals surface area contributed by atoms with E-state index in [1.54, 1.807) is 0 Å². The molecular weight excluding hydrogens is 224 g/mol. The average Bonchev–Trinajstić information content (AvgIpc) is 2.39. The van der Waals surface area contributed by atoms with Crippen molar-refractivity contribution >= 4 is 0 Å². The van der Waals surface area contributed by atoms with Crippen LogP contribution in [0.4, 0.5) is 0 Å². The first-order valence-corrected chi connectivity index (χ1v) is 6.21. The number of pyridine rings is 1. The Balaban J connectivity index is 2.18. The topological polar surface area (TPSA) is 50.7 Å². The Bertz CT molecular complexity index is 484. The molecule has 0 saturated heterocycles. The number of rotatable bonds is 5. The minimum absolute atomic E-state index is 0.221. The Morgan fingerprint density at radius 2 is 1.94 bits per heavy atom. The molecule has 2 heterocycles. The summed E-state index contributed by atoms with van der Waals surface area (Å²) in [5.74, 6) is 0.810. The van der Waals surface area contributed by atoms with Gasteiger partial charge < -0.3 is 5.32 Å². The van der Waals surface area contributed by atoms with Gasteiger partial charge in [-0.2, -0.15) is 0 Å². The van der Waals surface area contributed by atoms with Crippen molar-refractivity contribution in [1.82, 2.24) is 20.3 Å². The van der Waals surface area contributed by atoms with Crippen molar-refractivity contribution in [1.29, 1.82) is 0 Å². The highest BCUT2D eigenvalue weighted by Crippen LogP contribution is 2.15. The molecule has 2 aromatic rings. The van der Waals surface area contributed by atoms with Crippen LogP contribution in [0.2, 0.25) is 0 Å².